The molecule has 1 aliphatic rings. The second-order valence-electron chi connectivity index (χ2n) is 5.85. The third kappa shape index (κ3) is 5.50. The Morgan fingerprint density at radius 3 is 2.24 bits per heavy atom. The van der Waals surface area contributed by atoms with Gasteiger partial charge in [0, 0.05) is 0 Å². The zero-order valence-corrected chi connectivity index (χ0v) is 14.3. The fourth-order valence-corrected chi connectivity index (χ4v) is 2.14. The number of hydrogen-bond acceptors (Lipinski definition) is 5. The quantitative estimate of drug-likeness (QED) is 0.300. The molecular weight excluding hydrogens is 320 g/mol. The van der Waals surface area contributed by atoms with Crippen LogP contribution in [0.4, 0.5) is 0 Å². The van der Waals surface area contributed by atoms with E-state index in [0.29, 0.717) is 24.5 Å². The molecule has 3 rings (SSSR count). The van der Waals surface area contributed by atoms with Crippen LogP contribution in [-0.4, -0.2) is 31.9 Å². The minimum Gasteiger partial charge on any atom is -0.494 e. The highest BCUT2D eigenvalue weighted by molar-refractivity contribution is 5.91. The van der Waals surface area contributed by atoms with Crippen molar-refractivity contribution in [2.45, 2.75) is 25.9 Å². The molecule has 132 valence electrons. The molecule has 0 spiro atoms. The van der Waals surface area contributed by atoms with Gasteiger partial charge in [-0.15, -0.1) is 0 Å². The van der Waals surface area contributed by atoms with Crippen LogP contribution >= 0.6 is 0 Å². The van der Waals surface area contributed by atoms with Crippen molar-refractivity contribution in [3.63, 3.8) is 0 Å². The largest absolute Gasteiger partial charge is 0.494 e. The fourth-order valence-electron chi connectivity index (χ4n) is 2.14. The molecule has 0 bridgehead atoms. The minimum atomic E-state index is -0.403. The summed E-state index contributed by atoms with van der Waals surface area (Å²) >= 11 is 0. The van der Waals surface area contributed by atoms with Gasteiger partial charge in [-0.2, -0.15) is 0 Å². The summed E-state index contributed by atoms with van der Waals surface area (Å²) in [5, 5.41) is 0. The highest BCUT2D eigenvalue weighted by Gasteiger charge is 2.23. The molecule has 5 heteroatoms. The summed E-state index contributed by atoms with van der Waals surface area (Å²) in [7, 11) is 0. The third-order valence-electron chi connectivity index (χ3n) is 3.73. The predicted molar refractivity (Wildman–Crippen MR) is 93.5 cm³/mol. The Morgan fingerprint density at radius 2 is 1.60 bits per heavy atom. The Morgan fingerprint density at radius 1 is 1.00 bits per heavy atom. The number of esters is 1. The van der Waals surface area contributed by atoms with Crippen LogP contribution in [0.5, 0.6) is 17.2 Å². The second-order valence-corrected chi connectivity index (χ2v) is 5.85. The summed E-state index contributed by atoms with van der Waals surface area (Å²) in [6.45, 7) is 4.11. The highest BCUT2D eigenvalue weighted by Crippen LogP contribution is 2.21. The first-order chi connectivity index (χ1) is 12.2. The number of hydrogen-bond donors (Lipinski definition) is 0. The van der Waals surface area contributed by atoms with Gasteiger partial charge in [-0.3, -0.25) is 0 Å². The molecule has 2 aromatic rings. The van der Waals surface area contributed by atoms with E-state index in [1.54, 1.807) is 48.5 Å². The van der Waals surface area contributed by atoms with Gasteiger partial charge in [0.25, 0.3) is 0 Å². The predicted octanol–water partition coefficient (Wildman–Crippen LogP) is 3.86. The van der Waals surface area contributed by atoms with E-state index in [9.17, 15) is 4.79 Å². The number of carbonyl (C=O) groups excluding carboxylic acids is 1. The molecule has 1 aliphatic heterocycles. The molecule has 1 heterocycles. The average Bonchev–Trinajstić information content (AvgIpc) is 3.46. The normalized spacial score (nSPS) is 15.5. The standard InChI is InChI=1S/C20H22O5/c1-2-3-12-22-16-6-4-15(5-7-16)20(21)25-18-10-8-17(9-11-18)23-13-19-14-24-19/h4-11,19H,2-3,12-14H2,1H3. The first-order valence-electron chi connectivity index (χ1n) is 8.54. The zero-order valence-electron chi connectivity index (χ0n) is 14.3. The summed E-state index contributed by atoms with van der Waals surface area (Å²) in [6.07, 6.45) is 2.31. The van der Waals surface area contributed by atoms with Crippen LogP contribution in [0, 0.1) is 0 Å². The lowest BCUT2D eigenvalue weighted by molar-refractivity contribution is 0.0734. The molecule has 0 aromatic heterocycles. The van der Waals surface area contributed by atoms with Crippen LogP contribution < -0.4 is 14.2 Å². The Kier molecular flexibility index (Phi) is 5.90. The summed E-state index contributed by atoms with van der Waals surface area (Å²) in [5.74, 6) is 1.55. The Balaban J connectivity index is 1.50. The summed E-state index contributed by atoms with van der Waals surface area (Å²) in [4.78, 5) is 12.2. The van der Waals surface area contributed by atoms with E-state index in [1.807, 2.05) is 0 Å². The highest BCUT2D eigenvalue weighted by atomic mass is 16.6. The summed E-state index contributed by atoms with van der Waals surface area (Å²) in [6, 6.07) is 13.9. The van der Waals surface area contributed by atoms with Crippen molar-refractivity contribution in [1.29, 1.82) is 0 Å². The molecule has 1 fully saturated rings. The van der Waals surface area contributed by atoms with Crippen molar-refractivity contribution in [2.24, 2.45) is 0 Å². The Hall–Kier alpha value is -2.53. The lowest BCUT2D eigenvalue weighted by atomic mass is 10.2. The van der Waals surface area contributed by atoms with Gasteiger partial charge in [0.2, 0.25) is 0 Å². The molecule has 25 heavy (non-hydrogen) atoms. The molecular formula is C20H22O5. The number of ether oxygens (including phenoxy) is 4. The van der Waals surface area contributed by atoms with E-state index in [1.165, 1.54) is 0 Å². The van der Waals surface area contributed by atoms with Crippen LogP contribution in [0.25, 0.3) is 0 Å². The van der Waals surface area contributed by atoms with Gasteiger partial charge >= 0.3 is 5.97 Å². The molecule has 2 aromatic carbocycles. The minimum absolute atomic E-state index is 0.214. The first kappa shape index (κ1) is 17.3. The molecule has 5 nitrogen and oxygen atoms in total. The van der Waals surface area contributed by atoms with Crippen LogP contribution in [0.3, 0.4) is 0 Å². The molecule has 0 N–H and O–H groups in total. The topological polar surface area (TPSA) is 57.3 Å². The van der Waals surface area contributed by atoms with Gasteiger partial charge in [0.05, 0.1) is 18.8 Å². The van der Waals surface area contributed by atoms with E-state index in [4.69, 9.17) is 18.9 Å². The van der Waals surface area contributed by atoms with Crippen molar-refractivity contribution in [3.05, 3.63) is 54.1 Å². The number of carbonyl (C=O) groups is 1. The van der Waals surface area contributed by atoms with Gasteiger partial charge in [-0.1, -0.05) is 13.3 Å². The zero-order chi connectivity index (χ0) is 17.5. The monoisotopic (exact) mass is 342 g/mol. The molecule has 0 radical (unpaired) electrons. The Bertz CT molecular complexity index is 674. The van der Waals surface area contributed by atoms with Gasteiger partial charge in [-0.05, 0) is 55.0 Å². The van der Waals surface area contributed by atoms with E-state index in [2.05, 4.69) is 6.92 Å². The molecule has 0 aliphatic carbocycles. The lowest BCUT2D eigenvalue weighted by Crippen LogP contribution is -2.08. The van der Waals surface area contributed by atoms with Crippen molar-refractivity contribution in [3.8, 4) is 17.2 Å². The van der Waals surface area contributed by atoms with E-state index < -0.39 is 5.97 Å². The van der Waals surface area contributed by atoms with Crippen LogP contribution in [0.15, 0.2) is 48.5 Å². The van der Waals surface area contributed by atoms with Crippen LogP contribution in [0.1, 0.15) is 30.1 Å². The number of benzene rings is 2. The molecule has 1 unspecified atom stereocenters. The van der Waals surface area contributed by atoms with Gasteiger partial charge in [-0.25, -0.2) is 4.79 Å². The number of unbranched alkanes of at least 4 members (excludes halogenated alkanes) is 1. The van der Waals surface area contributed by atoms with Crippen LogP contribution in [-0.2, 0) is 4.74 Å². The summed E-state index contributed by atoms with van der Waals surface area (Å²) < 4.78 is 21.6. The van der Waals surface area contributed by atoms with E-state index in [0.717, 1.165) is 30.9 Å². The van der Waals surface area contributed by atoms with Crippen molar-refractivity contribution >= 4 is 5.97 Å². The van der Waals surface area contributed by atoms with E-state index >= 15 is 0 Å². The third-order valence-corrected chi connectivity index (χ3v) is 3.73. The van der Waals surface area contributed by atoms with Crippen molar-refractivity contribution in [2.75, 3.05) is 19.8 Å². The van der Waals surface area contributed by atoms with E-state index in [-0.39, 0.29) is 6.10 Å². The summed E-state index contributed by atoms with van der Waals surface area (Å²) in [5.41, 5.74) is 0.481. The van der Waals surface area contributed by atoms with Gasteiger partial charge in [0.1, 0.15) is 30.0 Å². The molecule has 1 saturated heterocycles. The number of rotatable bonds is 9. The maximum Gasteiger partial charge on any atom is 0.343 e. The maximum atomic E-state index is 12.2. The average molecular weight is 342 g/mol. The lowest BCUT2D eigenvalue weighted by Gasteiger charge is -2.08. The SMILES string of the molecule is CCCCOc1ccc(C(=O)Oc2ccc(OCC3CO3)cc2)cc1. The Labute approximate surface area is 147 Å². The first-order valence-corrected chi connectivity index (χ1v) is 8.54. The smallest absolute Gasteiger partial charge is 0.343 e. The molecule has 1 atom stereocenters. The molecule has 0 amide bonds. The molecule has 0 saturated carbocycles. The van der Waals surface area contributed by atoms with Crippen molar-refractivity contribution in [1.82, 2.24) is 0 Å². The van der Waals surface area contributed by atoms with Crippen LogP contribution in [0.2, 0.25) is 0 Å². The second kappa shape index (κ2) is 8.53. The fraction of sp³-hybridized carbons (Fsp3) is 0.350. The number of epoxide rings is 1. The van der Waals surface area contributed by atoms with Crippen molar-refractivity contribution < 1.29 is 23.7 Å². The van der Waals surface area contributed by atoms with Gasteiger partial charge in [0.15, 0.2) is 0 Å². The van der Waals surface area contributed by atoms with Gasteiger partial charge < -0.3 is 18.9 Å². The maximum absolute atomic E-state index is 12.2.